The summed E-state index contributed by atoms with van der Waals surface area (Å²) in [5.41, 5.74) is -0.406. The summed E-state index contributed by atoms with van der Waals surface area (Å²) in [6.45, 7) is 1.35. The van der Waals surface area contributed by atoms with E-state index in [0.29, 0.717) is 17.0 Å². The molecule has 1 heterocycles. The number of nitrogens with zero attached hydrogens (tertiary/aromatic N) is 2. The molecule has 0 saturated carbocycles. The topological polar surface area (TPSA) is 82.3 Å². The predicted molar refractivity (Wildman–Crippen MR) is 103 cm³/mol. The van der Waals surface area contributed by atoms with Gasteiger partial charge >= 0.3 is 11.1 Å². The number of carbonyl (C=O) groups excluding carboxylic acids is 1. The van der Waals surface area contributed by atoms with Crippen molar-refractivity contribution in [2.75, 3.05) is 12.4 Å². The molecule has 2 aromatic carbocycles. The molecule has 0 radical (unpaired) electrons. The summed E-state index contributed by atoms with van der Waals surface area (Å²) >= 11 is 0. The SMILES string of the molecule is COc1ccccc1NC(=O)Cn1ccn(-c2cc(F)ccc2C)c(=O)c1=O. The predicted octanol–water partition coefficient (Wildman–Crippen LogP) is 2.09. The van der Waals surface area contributed by atoms with Crippen LogP contribution in [-0.4, -0.2) is 22.2 Å². The van der Waals surface area contributed by atoms with Crippen LogP contribution in [0.4, 0.5) is 10.1 Å². The van der Waals surface area contributed by atoms with Gasteiger partial charge in [0.15, 0.2) is 0 Å². The zero-order chi connectivity index (χ0) is 20.3. The first-order valence-corrected chi connectivity index (χ1v) is 8.42. The molecule has 0 aliphatic carbocycles. The monoisotopic (exact) mass is 383 g/mol. The highest BCUT2D eigenvalue weighted by molar-refractivity contribution is 5.92. The molecule has 0 spiro atoms. The smallest absolute Gasteiger partial charge is 0.320 e. The second-order valence-corrected chi connectivity index (χ2v) is 6.09. The number of amides is 1. The minimum atomic E-state index is -0.888. The van der Waals surface area contributed by atoms with Crippen molar-refractivity contribution in [3.05, 3.63) is 86.9 Å². The lowest BCUT2D eigenvalue weighted by Crippen LogP contribution is -2.41. The molecule has 0 atom stereocenters. The number of benzene rings is 2. The number of anilines is 1. The van der Waals surface area contributed by atoms with Crippen molar-refractivity contribution in [3.63, 3.8) is 0 Å². The van der Waals surface area contributed by atoms with Crippen LogP contribution in [0.5, 0.6) is 5.75 Å². The van der Waals surface area contributed by atoms with Crippen LogP contribution >= 0.6 is 0 Å². The molecular weight excluding hydrogens is 365 g/mol. The molecule has 3 aromatic rings. The Labute approximate surface area is 159 Å². The van der Waals surface area contributed by atoms with E-state index in [2.05, 4.69) is 5.32 Å². The molecule has 0 fully saturated rings. The average Bonchev–Trinajstić information content (AvgIpc) is 2.68. The molecule has 0 aliphatic rings. The van der Waals surface area contributed by atoms with Crippen LogP contribution in [0, 0.1) is 12.7 Å². The van der Waals surface area contributed by atoms with Crippen LogP contribution in [0.3, 0.4) is 0 Å². The number of aryl methyl sites for hydroxylation is 1. The number of hydrogen-bond donors (Lipinski definition) is 1. The molecule has 0 unspecified atom stereocenters. The van der Waals surface area contributed by atoms with Crippen molar-refractivity contribution in [1.82, 2.24) is 9.13 Å². The minimum absolute atomic E-state index is 0.271. The largest absolute Gasteiger partial charge is 0.495 e. The lowest BCUT2D eigenvalue weighted by molar-refractivity contribution is -0.116. The zero-order valence-corrected chi connectivity index (χ0v) is 15.3. The quantitative estimate of drug-likeness (QED) is 0.684. The molecule has 3 rings (SSSR count). The van der Waals surface area contributed by atoms with Gasteiger partial charge in [-0.2, -0.15) is 0 Å². The van der Waals surface area contributed by atoms with Crippen LogP contribution in [0.2, 0.25) is 0 Å². The number of carbonyl (C=O) groups is 1. The van der Waals surface area contributed by atoms with Gasteiger partial charge in [-0.15, -0.1) is 0 Å². The van der Waals surface area contributed by atoms with Gasteiger partial charge in [0.25, 0.3) is 0 Å². The number of ether oxygens (including phenoxy) is 1. The van der Waals surface area contributed by atoms with Gasteiger partial charge in [0.05, 0.1) is 18.5 Å². The van der Waals surface area contributed by atoms with Crippen LogP contribution in [0.25, 0.3) is 5.69 Å². The highest BCUT2D eigenvalue weighted by atomic mass is 19.1. The number of nitrogens with one attached hydrogen (secondary N) is 1. The first-order chi connectivity index (χ1) is 13.4. The molecule has 28 heavy (non-hydrogen) atoms. The fraction of sp³-hybridized carbons (Fsp3) is 0.150. The number of rotatable bonds is 5. The molecule has 1 N–H and O–H groups in total. The molecule has 0 saturated heterocycles. The summed E-state index contributed by atoms with van der Waals surface area (Å²) in [5.74, 6) is -0.543. The van der Waals surface area contributed by atoms with Crippen molar-refractivity contribution in [2.24, 2.45) is 0 Å². The molecule has 8 heteroatoms. The van der Waals surface area contributed by atoms with Gasteiger partial charge in [0.1, 0.15) is 18.1 Å². The normalized spacial score (nSPS) is 10.5. The van der Waals surface area contributed by atoms with E-state index >= 15 is 0 Å². The van der Waals surface area contributed by atoms with Gasteiger partial charge in [-0.05, 0) is 36.8 Å². The van der Waals surface area contributed by atoms with Crippen LogP contribution in [0.1, 0.15) is 5.56 Å². The number of aromatic nitrogens is 2. The zero-order valence-electron chi connectivity index (χ0n) is 15.3. The maximum absolute atomic E-state index is 13.5. The van der Waals surface area contributed by atoms with Gasteiger partial charge in [0, 0.05) is 12.4 Å². The highest BCUT2D eigenvalue weighted by Gasteiger charge is 2.13. The fourth-order valence-electron chi connectivity index (χ4n) is 2.76. The maximum atomic E-state index is 13.5. The lowest BCUT2D eigenvalue weighted by atomic mass is 10.2. The highest BCUT2D eigenvalue weighted by Crippen LogP contribution is 2.22. The second kappa shape index (κ2) is 7.91. The van der Waals surface area contributed by atoms with Crippen LogP contribution in [0.15, 0.2) is 64.4 Å². The van der Waals surface area contributed by atoms with Gasteiger partial charge in [-0.1, -0.05) is 18.2 Å². The third-order valence-corrected chi connectivity index (χ3v) is 4.18. The van der Waals surface area contributed by atoms with E-state index < -0.39 is 22.8 Å². The number of hydrogen-bond acceptors (Lipinski definition) is 4. The van der Waals surface area contributed by atoms with Crippen LogP contribution in [-0.2, 0) is 11.3 Å². The van der Waals surface area contributed by atoms with E-state index in [1.807, 2.05) is 0 Å². The third-order valence-electron chi connectivity index (χ3n) is 4.18. The van der Waals surface area contributed by atoms with Gasteiger partial charge in [-0.3, -0.25) is 23.5 Å². The van der Waals surface area contributed by atoms with Gasteiger partial charge in [0.2, 0.25) is 5.91 Å². The Morgan fingerprint density at radius 1 is 1.11 bits per heavy atom. The van der Waals surface area contributed by atoms with Crippen molar-refractivity contribution in [3.8, 4) is 11.4 Å². The molecule has 7 nitrogen and oxygen atoms in total. The molecule has 0 aliphatic heterocycles. The fourth-order valence-corrected chi connectivity index (χ4v) is 2.76. The lowest BCUT2D eigenvalue weighted by Gasteiger charge is -2.12. The molecular formula is C20H18FN3O4. The Morgan fingerprint density at radius 2 is 1.86 bits per heavy atom. The summed E-state index contributed by atoms with van der Waals surface area (Å²) < 4.78 is 20.7. The Bertz CT molecular complexity index is 1150. The van der Waals surface area contributed by atoms with E-state index in [1.165, 1.54) is 37.7 Å². The van der Waals surface area contributed by atoms with Crippen molar-refractivity contribution in [1.29, 1.82) is 0 Å². The Balaban J connectivity index is 1.87. The molecule has 144 valence electrons. The van der Waals surface area contributed by atoms with Gasteiger partial charge in [-0.25, -0.2) is 4.39 Å². The van der Waals surface area contributed by atoms with E-state index in [0.717, 1.165) is 9.13 Å². The van der Waals surface area contributed by atoms with Crippen molar-refractivity contribution < 1.29 is 13.9 Å². The summed E-state index contributed by atoms with van der Waals surface area (Å²) in [4.78, 5) is 37.1. The Kier molecular flexibility index (Phi) is 5.39. The van der Waals surface area contributed by atoms with Crippen LogP contribution < -0.4 is 21.2 Å². The third kappa shape index (κ3) is 3.85. The molecule has 0 bridgehead atoms. The summed E-state index contributed by atoms with van der Waals surface area (Å²) in [5, 5.41) is 2.64. The first kappa shape index (κ1) is 19.1. The number of halogens is 1. The summed E-state index contributed by atoms with van der Waals surface area (Å²) in [7, 11) is 1.48. The number of methoxy groups -OCH3 is 1. The van der Waals surface area contributed by atoms with E-state index in [9.17, 15) is 18.8 Å². The summed E-state index contributed by atoms with van der Waals surface area (Å²) in [6.07, 6.45) is 2.65. The second-order valence-electron chi connectivity index (χ2n) is 6.09. The van der Waals surface area contributed by atoms with Crippen molar-refractivity contribution >= 4 is 11.6 Å². The van der Waals surface area contributed by atoms with Crippen molar-refractivity contribution in [2.45, 2.75) is 13.5 Å². The molecule has 1 aromatic heterocycles. The average molecular weight is 383 g/mol. The minimum Gasteiger partial charge on any atom is -0.495 e. The van der Waals surface area contributed by atoms with E-state index in [-0.39, 0.29) is 12.2 Å². The maximum Gasteiger partial charge on any atom is 0.320 e. The Hall–Kier alpha value is -3.68. The Morgan fingerprint density at radius 3 is 2.61 bits per heavy atom. The summed E-state index contributed by atoms with van der Waals surface area (Å²) in [6, 6.07) is 10.8. The first-order valence-electron chi connectivity index (χ1n) is 8.42. The van der Waals surface area contributed by atoms with E-state index in [4.69, 9.17) is 4.74 Å². The number of para-hydroxylation sites is 2. The standard InChI is InChI=1S/C20H18FN3O4/c1-13-7-8-14(21)11-16(13)24-10-9-23(19(26)20(24)27)12-18(25)22-15-5-3-4-6-17(15)28-2/h3-11H,12H2,1-2H3,(H,22,25). The van der Waals surface area contributed by atoms with E-state index in [1.54, 1.807) is 31.2 Å². The molecule has 1 amide bonds. The van der Waals surface area contributed by atoms with Gasteiger partial charge < -0.3 is 10.1 Å².